The Kier molecular flexibility index (Phi) is 1.52. The van der Waals surface area contributed by atoms with Crippen LogP contribution >= 0.6 is 0 Å². The van der Waals surface area contributed by atoms with Crippen molar-refractivity contribution < 1.29 is 4.39 Å². The van der Waals surface area contributed by atoms with E-state index in [0.717, 1.165) is 12.8 Å². The molecule has 1 nitrogen and oxygen atoms in total. The maximum Gasteiger partial charge on any atom is 0.116 e. The minimum atomic E-state index is -0.551. The zero-order valence-electron chi connectivity index (χ0n) is 5.39. The maximum atomic E-state index is 12.4. The smallest absolute Gasteiger partial charge is 0.116 e. The summed E-state index contributed by atoms with van der Waals surface area (Å²) in [6.45, 7) is 0. The van der Waals surface area contributed by atoms with Gasteiger partial charge >= 0.3 is 0 Å². The molecule has 0 unspecified atom stereocenters. The highest BCUT2D eigenvalue weighted by atomic mass is 19.1. The van der Waals surface area contributed by atoms with Crippen LogP contribution in [0.15, 0.2) is 0 Å². The molecule has 0 radical (unpaired) electrons. The van der Waals surface area contributed by atoms with Crippen LogP contribution < -0.4 is 0 Å². The van der Waals surface area contributed by atoms with Gasteiger partial charge in [-0.25, -0.2) is 4.39 Å². The highest BCUT2D eigenvalue weighted by Crippen LogP contribution is 2.26. The van der Waals surface area contributed by atoms with Crippen molar-refractivity contribution >= 4 is 0 Å². The van der Waals surface area contributed by atoms with Crippen LogP contribution in [0.1, 0.15) is 12.8 Å². The van der Waals surface area contributed by atoms with E-state index >= 15 is 0 Å². The van der Waals surface area contributed by atoms with Gasteiger partial charge in [0.15, 0.2) is 0 Å². The van der Waals surface area contributed by atoms with Gasteiger partial charge < -0.3 is 4.90 Å². The quantitative estimate of drug-likeness (QED) is 0.496. The summed E-state index contributed by atoms with van der Waals surface area (Å²) in [6, 6.07) is 0.218. The molecule has 0 amide bonds. The van der Waals surface area contributed by atoms with Crippen LogP contribution in [0.5, 0.6) is 0 Å². The molecule has 48 valence electrons. The molecule has 0 spiro atoms. The van der Waals surface area contributed by atoms with Crippen molar-refractivity contribution in [2.45, 2.75) is 25.1 Å². The Bertz CT molecular complexity index is 77.8. The molecule has 1 fully saturated rings. The zero-order chi connectivity index (χ0) is 6.15. The minimum absolute atomic E-state index is 0.218. The van der Waals surface area contributed by atoms with Crippen LogP contribution in [0.3, 0.4) is 0 Å². The van der Waals surface area contributed by atoms with E-state index in [-0.39, 0.29) is 6.04 Å². The number of nitrogens with zero attached hydrogens (tertiary/aromatic N) is 1. The van der Waals surface area contributed by atoms with Gasteiger partial charge in [0, 0.05) is 6.04 Å². The maximum absolute atomic E-state index is 12.4. The van der Waals surface area contributed by atoms with Gasteiger partial charge in [-0.05, 0) is 26.9 Å². The second-order valence-electron chi connectivity index (χ2n) is 2.62. The van der Waals surface area contributed by atoms with Crippen LogP contribution in [0.2, 0.25) is 0 Å². The average Bonchev–Trinajstić information content (AvgIpc) is 1.61. The fourth-order valence-electron chi connectivity index (χ4n) is 1.02. The van der Waals surface area contributed by atoms with Crippen molar-refractivity contribution in [1.82, 2.24) is 4.90 Å². The van der Waals surface area contributed by atoms with E-state index in [1.54, 1.807) is 0 Å². The van der Waals surface area contributed by atoms with Gasteiger partial charge in [-0.15, -0.1) is 0 Å². The third-order valence-corrected chi connectivity index (χ3v) is 1.82. The Balaban J connectivity index is 2.26. The predicted octanol–water partition coefficient (Wildman–Crippen LogP) is 1.05. The van der Waals surface area contributed by atoms with Gasteiger partial charge in [0.25, 0.3) is 0 Å². The molecular weight excluding hydrogens is 105 g/mol. The molecule has 1 aliphatic rings. The Hall–Kier alpha value is -0.110. The van der Waals surface area contributed by atoms with Crippen molar-refractivity contribution in [1.29, 1.82) is 0 Å². The molecule has 8 heavy (non-hydrogen) atoms. The number of rotatable bonds is 1. The van der Waals surface area contributed by atoms with Crippen molar-refractivity contribution in [2.24, 2.45) is 0 Å². The molecule has 2 atom stereocenters. The van der Waals surface area contributed by atoms with Crippen molar-refractivity contribution in [2.75, 3.05) is 14.1 Å². The van der Waals surface area contributed by atoms with E-state index in [9.17, 15) is 4.39 Å². The molecule has 0 aromatic rings. The van der Waals surface area contributed by atoms with Crippen molar-refractivity contribution in [3.63, 3.8) is 0 Å². The summed E-state index contributed by atoms with van der Waals surface area (Å²) >= 11 is 0. The molecular formula is C6H12FN. The lowest BCUT2D eigenvalue weighted by molar-refractivity contribution is 0.0685. The zero-order valence-corrected chi connectivity index (χ0v) is 5.39. The molecule has 0 aromatic carbocycles. The van der Waals surface area contributed by atoms with Crippen molar-refractivity contribution in [3.05, 3.63) is 0 Å². The summed E-state index contributed by atoms with van der Waals surface area (Å²) in [4.78, 5) is 1.95. The molecule has 1 rings (SSSR count). The first kappa shape index (κ1) is 6.02. The third-order valence-electron chi connectivity index (χ3n) is 1.82. The second-order valence-corrected chi connectivity index (χ2v) is 2.62. The normalized spacial score (nSPS) is 37.5. The molecule has 1 aliphatic carbocycles. The van der Waals surface area contributed by atoms with Crippen molar-refractivity contribution in [3.8, 4) is 0 Å². The Morgan fingerprint density at radius 1 is 1.38 bits per heavy atom. The van der Waals surface area contributed by atoms with Crippen LogP contribution in [-0.4, -0.2) is 31.2 Å². The lowest BCUT2D eigenvalue weighted by Gasteiger charge is -2.35. The summed E-state index contributed by atoms with van der Waals surface area (Å²) in [5.41, 5.74) is 0. The lowest BCUT2D eigenvalue weighted by atomic mass is 9.90. The summed E-state index contributed by atoms with van der Waals surface area (Å²) in [7, 11) is 3.85. The van der Waals surface area contributed by atoms with E-state index in [1.807, 2.05) is 19.0 Å². The molecule has 0 aromatic heterocycles. The summed E-state index contributed by atoms with van der Waals surface area (Å²) in [5.74, 6) is 0. The summed E-state index contributed by atoms with van der Waals surface area (Å²) < 4.78 is 12.4. The summed E-state index contributed by atoms with van der Waals surface area (Å²) in [6.07, 6.45) is 1.25. The van der Waals surface area contributed by atoms with Gasteiger partial charge in [0.05, 0.1) is 0 Å². The monoisotopic (exact) mass is 117 g/mol. The topological polar surface area (TPSA) is 3.24 Å². The summed E-state index contributed by atoms with van der Waals surface area (Å²) in [5, 5.41) is 0. The third kappa shape index (κ3) is 0.848. The molecule has 1 saturated carbocycles. The first-order valence-corrected chi connectivity index (χ1v) is 3.02. The fourth-order valence-corrected chi connectivity index (χ4v) is 1.02. The predicted molar refractivity (Wildman–Crippen MR) is 31.6 cm³/mol. The van der Waals surface area contributed by atoms with Crippen LogP contribution in [-0.2, 0) is 0 Å². The number of alkyl halides is 1. The van der Waals surface area contributed by atoms with Gasteiger partial charge in [-0.1, -0.05) is 0 Å². The van der Waals surface area contributed by atoms with Crippen LogP contribution in [0.25, 0.3) is 0 Å². The molecule has 0 heterocycles. The van der Waals surface area contributed by atoms with Crippen LogP contribution in [0, 0.1) is 0 Å². The first-order valence-electron chi connectivity index (χ1n) is 3.02. The van der Waals surface area contributed by atoms with Crippen LogP contribution in [0.4, 0.5) is 4.39 Å². The van der Waals surface area contributed by atoms with Gasteiger partial charge in [0.1, 0.15) is 6.17 Å². The second kappa shape index (κ2) is 2.02. The standard InChI is InChI=1S/C6H12FN/c1-8(2)6-4-3-5(6)7/h5-6H,3-4H2,1-2H3/t5-,6-/m0/s1. The highest BCUT2D eigenvalue weighted by Gasteiger charge is 2.31. The SMILES string of the molecule is CN(C)[C@H]1CC[C@@H]1F. The minimum Gasteiger partial charge on any atom is -0.304 e. The van der Waals surface area contributed by atoms with E-state index in [0.29, 0.717) is 0 Å². The lowest BCUT2D eigenvalue weighted by Crippen LogP contribution is -2.44. The molecule has 0 saturated heterocycles. The Morgan fingerprint density at radius 2 is 2.00 bits per heavy atom. The van der Waals surface area contributed by atoms with E-state index < -0.39 is 6.17 Å². The van der Waals surface area contributed by atoms with Gasteiger partial charge in [0.2, 0.25) is 0 Å². The first-order chi connectivity index (χ1) is 3.72. The molecule has 0 N–H and O–H groups in total. The molecule has 0 bridgehead atoms. The number of hydrogen-bond donors (Lipinski definition) is 0. The highest BCUT2D eigenvalue weighted by molar-refractivity contribution is 4.86. The van der Waals surface area contributed by atoms with Gasteiger partial charge in [-0.2, -0.15) is 0 Å². The number of hydrogen-bond acceptors (Lipinski definition) is 1. The number of halogens is 1. The Morgan fingerprint density at radius 3 is 2.00 bits per heavy atom. The average molecular weight is 117 g/mol. The largest absolute Gasteiger partial charge is 0.304 e. The van der Waals surface area contributed by atoms with E-state index in [4.69, 9.17) is 0 Å². The Labute approximate surface area is 49.5 Å². The molecule has 2 heteroatoms. The molecule has 0 aliphatic heterocycles. The van der Waals surface area contributed by atoms with E-state index in [1.165, 1.54) is 0 Å². The van der Waals surface area contributed by atoms with E-state index in [2.05, 4.69) is 0 Å². The fraction of sp³-hybridized carbons (Fsp3) is 1.00. The van der Waals surface area contributed by atoms with Gasteiger partial charge in [-0.3, -0.25) is 0 Å².